The average molecular weight is 384 g/mol. The normalized spacial score (nSPS) is 12.0. The highest BCUT2D eigenvalue weighted by Crippen LogP contribution is 2.31. The van der Waals surface area contributed by atoms with Crippen molar-refractivity contribution in [2.45, 2.75) is 20.1 Å². The second-order valence-electron chi connectivity index (χ2n) is 5.86. The van der Waals surface area contributed by atoms with Gasteiger partial charge in [-0.25, -0.2) is 0 Å². The Labute approximate surface area is 160 Å². The third-order valence-electron chi connectivity index (χ3n) is 3.98. The summed E-state index contributed by atoms with van der Waals surface area (Å²) in [6.07, 6.45) is 0.0940. The number of aromatic nitrogens is 5. The molecule has 10 nitrogen and oxygen atoms in total. The Morgan fingerprint density at radius 1 is 1.32 bits per heavy atom. The summed E-state index contributed by atoms with van der Waals surface area (Å²) in [5, 5.41) is 35.5. The number of carbonyl (C=O) groups is 1. The fourth-order valence-electron chi connectivity index (χ4n) is 2.52. The van der Waals surface area contributed by atoms with E-state index >= 15 is 0 Å². The van der Waals surface area contributed by atoms with Gasteiger partial charge >= 0.3 is 5.97 Å². The first-order valence-corrected chi connectivity index (χ1v) is 8.62. The van der Waals surface area contributed by atoms with E-state index < -0.39 is 12.2 Å². The molecule has 0 bridgehead atoms. The molecule has 0 fully saturated rings. The minimum atomic E-state index is -1.34. The maximum absolute atomic E-state index is 11.4. The van der Waals surface area contributed by atoms with Gasteiger partial charge in [0.15, 0.2) is 6.23 Å². The number of carbonyl (C=O) groups excluding carboxylic acids is 1. The summed E-state index contributed by atoms with van der Waals surface area (Å²) in [5.74, 6) is -0.460. The predicted octanol–water partition coefficient (Wildman–Crippen LogP) is 0.882. The highest BCUT2D eigenvalue weighted by atomic mass is 16.5. The lowest BCUT2D eigenvalue weighted by Gasteiger charge is -2.15. The SMILES string of the molecule is CCOC(=O)CNC(O)c1ncc(-c2nnn(-c3ccccc3)n2)c(C)c1O. The summed E-state index contributed by atoms with van der Waals surface area (Å²) >= 11 is 0. The van der Waals surface area contributed by atoms with Crippen LogP contribution >= 0.6 is 0 Å². The van der Waals surface area contributed by atoms with Gasteiger partial charge in [0.25, 0.3) is 0 Å². The monoisotopic (exact) mass is 384 g/mol. The summed E-state index contributed by atoms with van der Waals surface area (Å²) in [7, 11) is 0. The Hall–Kier alpha value is -3.37. The molecule has 3 N–H and O–H groups in total. The maximum atomic E-state index is 11.4. The van der Waals surface area contributed by atoms with Gasteiger partial charge in [-0.05, 0) is 31.2 Å². The van der Waals surface area contributed by atoms with Gasteiger partial charge in [-0.2, -0.15) is 0 Å². The van der Waals surface area contributed by atoms with Crippen LogP contribution in [-0.2, 0) is 9.53 Å². The molecule has 0 spiro atoms. The quantitative estimate of drug-likeness (QED) is 0.401. The Morgan fingerprint density at radius 3 is 2.79 bits per heavy atom. The molecule has 0 saturated carbocycles. The highest BCUT2D eigenvalue weighted by Gasteiger charge is 2.21. The largest absolute Gasteiger partial charge is 0.506 e. The lowest BCUT2D eigenvalue weighted by atomic mass is 10.1. The van der Waals surface area contributed by atoms with Crippen LogP contribution in [0.25, 0.3) is 17.1 Å². The van der Waals surface area contributed by atoms with Crippen molar-refractivity contribution in [3.8, 4) is 22.8 Å². The van der Waals surface area contributed by atoms with Crippen LogP contribution in [0.4, 0.5) is 0 Å². The number of para-hydroxylation sites is 1. The molecule has 0 saturated heterocycles. The smallest absolute Gasteiger partial charge is 0.319 e. The van der Waals surface area contributed by atoms with Gasteiger partial charge in [-0.15, -0.1) is 15.0 Å². The van der Waals surface area contributed by atoms with Crippen LogP contribution in [0.3, 0.4) is 0 Å². The standard InChI is InChI=1S/C18H20N6O4/c1-3-28-14(25)10-20-18(27)15-16(26)11(2)13(9-19-15)17-21-23-24(22-17)12-7-5-4-6-8-12/h4-9,18,20,26-27H,3,10H2,1-2H3. The number of benzene rings is 1. The second kappa shape index (κ2) is 8.55. The van der Waals surface area contributed by atoms with Gasteiger partial charge < -0.3 is 14.9 Å². The Bertz CT molecular complexity index is 960. The molecule has 1 unspecified atom stereocenters. The average Bonchev–Trinajstić information content (AvgIpc) is 3.19. The Morgan fingerprint density at radius 2 is 2.07 bits per heavy atom. The molecule has 0 amide bonds. The van der Waals surface area contributed by atoms with E-state index in [4.69, 9.17) is 4.74 Å². The molecule has 10 heteroatoms. The van der Waals surface area contributed by atoms with Crippen molar-refractivity contribution in [1.82, 2.24) is 30.5 Å². The van der Waals surface area contributed by atoms with Gasteiger partial charge in [0, 0.05) is 17.3 Å². The zero-order valence-electron chi connectivity index (χ0n) is 15.4. The van der Waals surface area contributed by atoms with Crippen molar-refractivity contribution in [2.75, 3.05) is 13.2 Å². The number of rotatable bonds is 7. The summed E-state index contributed by atoms with van der Waals surface area (Å²) in [6, 6.07) is 9.27. The van der Waals surface area contributed by atoms with E-state index in [1.54, 1.807) is 13.8 Å². The molecule has 3 aromatic rings. The minimum Gasteiger partial charge on any atom is -0.506 e. The number of aliphatic hydroxyl groups excluding tert-OH is 1. The minimum absolute atomic E-state index is 0.0130. The van der Waals surface area contributed by atoms with Gasteiger partial charge in [-0.1, -0.05) is 18.2 Å². The number of esters is 1. The van der Waals surface area contributed by atoms with E-state index in [0.29, 0.717) is 11.1 Å². The van der Waals surface area contributed by atoms with E-state index in [1.165, 1.54) is 11.0 Å². The third-order valence-corrected chi connectivity index (χ3v) is 3.98. The summed E-state index contributed by atoms with van der Waals surface area (Å²) in [4.78, 5) is 16.8. The molecule has 0 aliphatic carbocycles. The highest BCUT2D eigenvalue weighted by molar-refractivity contribution is 5.71. The molecule has 2 heterocycles. The number of aliphatic hydroxyl groups is 1. The number of hydrogen-bond donors (Lipinski definition) is 3. The van der Waals surface area contributed by atoms with Crippen LogP contribution in [0.1, 0.15) is 24.4 Å². The summed E-state index contributed by atoms with van der Waals surface area (Å²) in [6.45, 7) is 3.36. The van der Waals surface area contributed by atoms with Crippen LogP contribution in [0, 0.1) is 6.92 Å². The van der Waals surface area contributed by atoms with Crippen molar-refractivity contribution in [3.63, 3.8) is 0 Å². The van der Waals surface area contributed by atoms with E-state index in [9.17, 15) is 15.0 Å². The lowest BCUT2D eigenvalue weighted by Crippen LogP contribution is -2.29. The molecule has 146 valence electrons. The molecule has 3 rings (SSSR count). The third kappa shape index (κ3) is 4.13. The zero-order chi connectivity index (χ0) is 20.1. The molecule has 1 atom stereocenters. The lowest BCUT2D eigenvalue weighted by molar-refractivity contribution is -0.142. The number of ether oxygens (including phenoxy) is 1. The fourth-order valence-corrected chi connectivity index (χ4v) is 2.52. The van der Waals surface area contributed by atoms with Crippen molar-refractivity contribution in [2.24, 2.45) is 0 Å². The molecule has 1 aromatic carbocycles. The van der Waals surface area contributed by atoms with Gasteiger partial charge in [0.05, 0.1) is 18.8 Å². The number of pyridine rings is 1. The van der Waals surface area contributed by atoms with Crippen molar-refractivity contribution < 1.29 is 19.7 Å². The van der Waals surface area contributed by atoms with Crippen molar-refractivity contribution >= 4 is 5.97 Å². The van der Waals surface area contributed by atoms with Crippen molar-refractivity contribution in [1.29, 1.82) is 0 Å². The number of nitrogens with zero attached hydrogens (tertiary/aromatic N) is 5. The van der Waals surface area contributed by atoms with Crippen molar-refractivity contribution in [3.05, 3.63) is 47.8 Å². The van der Waals surface area contributed by atoms with Crippen LogP contribution in [0.2, 0.25) is 0 Å². The second-order valence-corrected chi connectivity index (χ2v) is 5.86. The van der Waals surface area contributed by atoms with E-state index in [1.807, 2.05) is 30.3 Å². The Kier molecular flexibility index (Phi) is 5.92. The van der Waals surface area contributed by atoms with Crippen LogP contribution < -0.4 is 5.32 Å². The molecule has 0 aliphatic rings. The first-order chi connectivity index (χ1) is 13.5. The van der Waals surface area contributed by atoms with Crippen LogP contribution in [0.5, 0.6) is 5.75 Å². The number of nitrogens with one attached hydrogen (secondary N) is 1. The molecular weight excluding hydrogens is 364 g/mol. The van der Waals surface area contributed by atoms with E-state index in [2.05, 4.69) is 25.7 Å². The molecule has 0 radical (unpaired) electrons. The fraction of sp³-hybridized carbons (Fsp3) is 0.278. The maximum Gasteiger partial charge on any atom is 0.319 e. The summed E-state index contributed by atoms with van der Waals surface area (Å²) in [5.41, 5.74) is 1.63. The van der Waals surface area contributed by atoms with Crippen LogP contribution in [0.15, 0.2) is 36.5 Å². The molecular formula is C18H20N6O4. The topological polar surface area (TPSA) is 135 Å². The van der Waals surface area contributed by atoms with E-state index in [-0.39, 0.29) is 30.4 Å². The predicted molar refractivity (Wildman–Crippen MR) is 98.4 cm³/mol. The van der Waals surface area contributed by atoms with E-state index in [0.717, 1.165) is 5.69 Å². The number of hydrogen-bond acceptors (Lipinski definition) is 9. The molecule has 0 aliphatic heterocycles. The van der Waals surface area contributed by atoms with Gasteiger partial charge in [-0.3, -0.25) is 15.1 Å². The first kappa shape index (κ1) is 19.4. The summed E-state index contributed by atoms with van der Waals surface area (Å²) < 4.78 is 4.78. The zero-order valence-corrected chi connectivity index (χ0v) is 15.4. The van der Waals surface area contributed by atoms with Gasteiger partial charge in [0.2, 0.25) is 5.82 Å². The van der Waals surface area contributed by atoms with Crippen LogP contribution in [-0.4, -0.2) is 54.5 Å². The first-order valence-electron chi connectivity index (χ1n) is 8.62. The Balaban J connectivity index is 1.81. The molecule has 2 aromatic heterocycles. The number of tetrazole rings is 1. The molecule has 28 heavy (non-hydrogen) atoms. The number of aromatic hydroxyl groups is 1. The van der Waals surface area contributed by atoms with Gasteiger partial charge in [0.1, 0.15) is 11.4 Å².